The highest BCUT2D eigenvalue weighted by Crippen LogP contribution is 2.26. The highest BCUT2D eigenvalue weighted by atomic mass is 32.1. The number of carbonyl (C=O) groups excluding carboxylic acids is 2. The van der Waals surface area contributed by atoms with Crippen LogP contribution in [-0.2, 0) is 9.59 Å². The molecule has 2 aromatic rings. The molecule has 2 rings (SSSR count). The number of nitrogens with zero attached hydrogens (tertiary/aromatic N) is 2. The summed E-state index contributed by atoms with van der Waals surface area (Å²) in [5.74, 6) is -1.60. The first-order valence-electron chi connectivity index (χ1n) is 7.26. The van der Waals surface area contributed by atoms with E-state index in [1.165, 1.54) is 11.3 Å². The van der Waals surface area contributed by atoms with E-state index in [4.69, 9.17) is 0 Å². The molecule has 24 heavy (non-hydrogen) atoms. The SMILES string of the molecule is CC(C)=NNc1nc(-c2ccc(NC(=O)CCC(=O)[O-])cc2)cs1. The number of rotatable bonds is 7. The summed E-state index contributed by atoms with van der Waals surface area (Å²) in [6, 6.07) is 7.16. The van der Waals surface area contributed by atoms with E-state index in [0.29, 0.717) is 10.8 Å². The third kappa shape index (κ3) is 5.47. The maximum Gasteiger partial charge on any atom is 0.224 e. The molecule has 1 heterocycles. The van der Waals surface area contributed by atoms with Crippen molar-refractivity contribution in [2.24, 2.45) is 5.10 Å². The van der Waals surface area contributed by atoms with Gasteiger partial charge < -0.3 is 15.2 Å². The number of aromatic nitrogens is 1. The molecule has 0 aliphatic carbocycles. The van der Waals surface area contributed by atoms with Gasteiger partial charge >= 0.3 is 0 Å². The van der Waals surface area contributed by atoms with Gasteiger partial charge in [-0.1, -0.05) is 12.1 Å². The molecule has 1 aromatic carbocycles. The highest BCUT2D eigenvalue weighted by molar-refractivity contribution is 7.14. The minimum Gasteiger partial charge on any atom is -0.550 e. The summed E-state index contributed by atoms with van der Waals surface area (Å²) in [4.78, 5) is 26.3. The zero-order valence-electron chi connectivity index (χ0n) is 13.3. The third-order valence-corrected chi connectivity index (χ3v) is 3.65. The van der Waals surface area contributed by atoms with Gasteiger partial charge in [-0.05, 0) is 32.4 Å². The van der Waals surface area contributed by atoms with Crippen LogP contribution in [0.1, 0.15) is 26.7 Å². The Morgan fingerprint density at radius 1 is 1.21 bits per heavy atom. The Bertz CT molecular complexity index is 749. The zero-order valence-corrected chi connectivity index (χ0v) is 14.1. The number of anilines is 2. The standard InChI is InChI=1S/C16H18N4O3S/c1-10(2)19-20-16-18-13(9-24-16)11-3-5-12(6-4-11)17-14(21)7-8-15(22)23/h3-6,9H,7-8H2,1-2H3,(H,17,21)(H,18,20)(H,22,23)/p-1. The molecule has 1 amide bonds. The predicted molar refractivity (Wildman–Crippen MR) is 92.8 cm³/mol. The summed E-state index contributed by atoms with van der Waals surface area (Å²) in [6.07, 6.45) is -0.402. The van der Waals surface area contributed by atoms with Gasteiger partial charge in [0, 0.05) is 34.7 Å². The van der Waals surface area contributed by atoms with Crippen LogP contribution in [0.15, 0.2) is 34.7 Å². The monoisotopic (exact) mass is 345 g/mol. The number of benzene rings is 1. The lowest BCUT2D eigenvalue weighted by molar-refractivity contribution is -0.305. The molecule has 0 aliphatic heterocycles. The Kier molecular flexibility index (Phi) is 6.02. The average Bonchev–Trinajstić information content (AvgIpc) is 3.00. The van der Waals surface area contributed by atoms with Gasteiger partial charge in [-0.15, -0.1) is 11.3 Å². The molecule has 0 fully saturated rings. The largest absolute Gasteiger partial charge is 0.550 e. The molecule has 0 unspecified atom stereocenters. The summed E-state index contributed by atoms with van der Waals surface area (Å²) >= 11 is 1.45. The number of carboxylic acids is 1. The molecular formula is C16H17N4O3S-. The molecule has 0 atom stereocenters. The van der Waals surface area contributed by atoms with Crippen molar-refractivity contribution in [3.8, 4) is 11.3 Å². The number of aliphatic carboxylic acids is 1. The Hall–Kier alpha value is -2.74. The predicted octanol–water partition coefficient (Wildman–Crippen LogP) is 2.09. The van der Waals surface area contributed by atoms with Gasteiger partial charge in [-0.25, -0.2) is 4.98 Å². The van der Waals surface area contributed by atoms with E-state index in [2.05, 4.69) is 20.8 Å². The van der Waals surface area contributed by atoms with Crippen molar-refractivity contribution in [1.82, 2.24) is 4.98 Å². The zero-order chi connectivity index (χ0) is 17.5. The van der Waals surface area contributed by atoms with Crippen LogP contribution < -0.4 is 15.8 Å². The van der Waals surface area contributed by atoms with Crippen molar-refractivity contribution >= 4 is 39.7 Å². The van der Waals surface area contributed by atoms with Crippen LogP contribution in [0.25, 0.3) is 11.3 Å². The Balaban J connectivity index is 1.98. The van der Waals surface area contributed by atoms with Crippen molar-refractivity contribution in [3.05, 3.63) is 29.6 Å². The van der Waals surface area contributed by atoms with Crippen LogP contribution in [-0.4, -0.2) is 22.6 Å². The number of carboxylic acid groups (broad SMARTS) is 1. The average molecular weight is 345 g/mol. The second kappa shape index (κ2) is 8.21. The van der Waals surface area contributed by atoms with Gasteiger partial charge in [0.25, 0.3) is 0 Å². The Morgan fingerprint density at radius 3 is 2.54 bits per heavy atom. The fourth-order valence-electron chi connectivity index (χ4n) is 1.78. The highest BCUT2D eigenvalue weighted by Gasteiger charge is 2.06. The number of nitrogens with one attached hydrogen (secondary N) is 2. The number of thiazole rings is 1. The number of hydrazone groups is 1. The quantitative estimate of drug-likeness (QED) is 0.590. The number of hydrogen-bond donors (Lipinski definition) is 2. The van der Waals surface area contributed by atoms with Crippen molar-refractivity contribution in [2.45, 2.75) is 26.7 Å². The van der Waals surface area contributed by atoms with Crippen LogP contribution in [0.3, 0.4) is 0 Å². The molecule has 7 nitrogen and oxygen atoms in total. The second-order valence-corrected chi connectivity index (χ2v) is 6.06. The molecule has 2 N–H and O–H groups in total. The van der Waals surface area contributed by atoms with E-state index in [9.17, 15) is 14.7 Å². The first kappa shape index (κ1) is 17.6. The fourth-order valence-corrected chi connectivity index (χ4v) is 2.44. The van der Waals surface area contributed by atoms with Gasteiger partial charge in [-0.2, -0.15) is 5.10 Å². The summed E-state index contributed by atoms with van der Waals surface area (Å²) in [7, 11) is 0. The molecule has 0 saturated heterocycles. The molecular weight excluding hydrogens is 328 g/mol. The molecule has 0 radical (unpaired) electrons. The van der Waals surface area contributed by atoms with Gasteiger partial charge in [0.2, 0.25) is 11.0 Å². The molecule has 1 aromatic heterocycles. The van der Waals surface area contributed by atoms with Gasteiger partial charge in [0.1, 0.15) is 0 Å². The molecule has 0 aliphatic rings. The molecule has 8 heteroatoms. The number of carbonyl (C=O) groups is 2. The Morgan fingerprint density at radius 2 is 1.92 bits per heavy atom. The lowest BCUT2D eigenvalue weighted by Crippen LogP contribution is -2.24. The van der Waals surface area contributed by atoms with Gasteiger partial charge in [-0.3, -0.25) is 10.2 Å². The fraction of sp³-hybridized carbons (Fsp3) is 0.250. The maximum atomic E-state index is 11.6. The van der Waals surface area contributed by atoms with Gasteiger partial charge in [0.05, 0.1) is 5.69 Å². The molecule has 126 valence electrons. The van der Waals surface area contributed by atoms with Crippen LogP contribution in [0.5, 0.6) is 0 Å². The minimum absolute atomic E-state index is 0.109. The van der Waals surface area contributed by atoms with Crippen molar-refractivity contribution in [2.75, 3.05) is 10.7 Å². The van der Waals surface area contributed by atoms with Crippen LogP contribution in [0.4, 0.5) is 10.8 Å². The first-order chi connectivity index (χ1) is 11.4. The smallest absolute Gasteiger partial charge is 0.224 e. The summed E-state index contributed by atoms with van der Waals surface area (Å²) < 4.78 is 0. The lowest BCUT2D eigenvalue weighted by atomic mass is 10.1. The summed E-state index contributed by atoms with van der Waals surface area (Å²) in [6.45, 7) is 3.78. The van der Waals surface area contributed by atoms with E-state index < -0.39 is 5.97 Å². The van der Waals surface area contributed by atoms with Crippen LogP contribution in [0.2, 0.25) is 0 Å². The maximum absolute atomic E-state index is 11.6. The van der Waals surface area contributed by atoms with E-state index in [-0.39, 0.29) is 18.7 Å². The van der Waals surface area contributed by atoms with Crippen molar-refractivity contribution in [3.63, 3.8) is 0 Å². The topological polar surface area (TPSA) is 107 Å². The van der Waals surface area contributed by atoms with E-state index in [0.717, 1.165) is 17.0 Å². The minimum atomic E-state index is -1.24. The van der Waals surface area contributed by atoms with Crippen molar-refractivity contribution in [1.29, 1.82) is 0 Å². The number of hydrogen-bond acceptors (Lipinski definition) is 7. The number of amides is 1. The summed E-state index contributed by atoms with van der Waals surface area (Å²) in [5.41, 5.74) is 6.10. The molecule has 0 saturated carbocycles. The van der Waals surface area contributed by atoms with E-state index in [1.54, 1.807) is 12.1 Å². The van der Waals surface area contributed by atoms with E-state index >= 15 is 0 Å². The van der Waals surface area contributed by atoms with Crippen molar-refractivity contribution < 1.29 is 14.7 Å². The molecule has 0 bridgehead atoms. The summed E-state index contributed by atoms with van der Waals surface area (Å²) in [5, 5.41) is 19.7. The first-order valence-corrected chi connectivity index (χ1v) is 8.14. The Labute approximate surface area is 143 Å². The normalized spacial score (nSPS) is 10.1. The van der Waals surface area contributed by atoms with Gasteiger partial charge in [0.15, 0.2) is 0 Å². The van der Waals surface area contributed by atoms with Crippen LogP contribution in [0, 0.1) is 0 Å². The third-order valence-electron chi connectivity index (χ3n) is 2.90. The lowest BCUT2D eigenvalue weighted by Gasteiger charge is -2.06. The molecule has 0 spiro atoms. The van der Waals surface area contributed by atoms with E-state index in [1.807, 2.05) is 31.4 Å². The second-order valence-electron chi connectivity index (χ2n) is 5.21. The van der Waals surface area contributed by atoms with Crippen LogP contribution >= 0.6 is 11.3 Å².